The monoisotopic (exact) mass is 548 g/mol. The topological polar surface area (TPSA) is 122 Å². The molecule has 0 saturated heterocycles. The van der Waals surface area contributed by atoms with Gasteiger partial charge in [-0.05, 0) is 56.1 Å². The van der Waals surface area contributed by atoms with Crippen molar-refractivity contribution in [2.45, 2.75) is 99.6 Å². The Morgan fingerprint density at radius 2 is 1.56 bits per heavy atom. The first-order valence-corrected chi connectivity index (χ1v) is 13.8. The Morgan fingerprint density at radius 1 is 0.974 bits per heavy atom. The van der Waals surface area contributed by atoms with Crippen molar-refractivity contribution >= 4 is 29.7 Å². The summed E-state index contributed by atoms with van der Waals surface area (Å²) >= 11 is 0. The van der Waals surface area contributed by atoms with Gasteiger partial charge in [0.1, 0.15) is 24.1 Å². The molecule has 0 aromatic carbocycles. The predicted octanol–water partition coefficient (Wildman–Crippen LogP) is 4.37. The van der Waals surface area contributed by atoms with E-state index in [1.165, 1.54) is 19.9 Å². The van der Waals surface area contributed by atoms with Gasteiger partial charge in [-0.1, -0.05) is 34.3 Å². The average molecular weight is 549 g/mol. The van der Waals surface area contributed by atoms with E-state index in [0.717, 1.165) is 0 Å². The Labute approximate surface area is 231 Å². The van der Waals surface area contributed by atoms with E-state index in [0.29, 0.717) is 17.6 Å². The molecule has 0 aliphatic heterocycles. The fourth-order valence-electron chi connectivity index (χ4n) is 5.92. The van der Waals surface area contributed by atoms with Gasteiger partial charge in [0, 0.05) is 32.3 Å². The van der Waals surface area contributed by atoms with Crippen LogP contribution in [0.25, 0.3) is 0 Å². The highest BCUT2D eigenvalue weighted by Gasteiger charge is 2.60. The van der Waals surface area contributed by atoms with E-state index in [4.69, 9.17) is 18.9 Å². The van der Waals surface area contributed by atoms with Gasteiger partial charge in [0.15, 0.2) is 6.10 Å². The molecule has 2 aliphatic carbocycles. The number of carbonyl (C=O) groups is 5. The van der Waals surface area contributed by atoms with Gasteiger partial charge in [0.25, 0.3) is 0 Å². The van der Waals surface area contributed by atoms with Crippen LogP contribution in [0.15, 0.2) is 23.8 Å². The van der Waals surface area contributed by atoms with Crippen LogP contribution < -0.4 is 0 Å². The van der Waals surface area contributed by atoms with Crippen molar-refractivity contribution in [3.8, 4) is 0 Å². The highest BCUT2D eigenvalue weighted by atomic mass is 16.6. The van der Waals surface area contributed by atoms with Crippen molar-refractivity contribution in [2.75, 3.05) is 0 Å². The van der Waals surface area contributed by atoms with Crippen molar-refractivity contribution < 1.29 is 42.9 Å². The third-order valence-corrected chi connectivity index (χ3v) is 8.10. The van der Waals surface area contributed by atoms with Crippen molar-refractivity contribution in [3.05, 3.63) is 23.8 Å². The zero-order chi connectivity index (χ0) is 29.8. The summed E-state index contributed by atoms with van der Waals surface area (Å²) < 4.78 is 22.6. The molecule has 2 rings (SSSR count). The molecular formula is C30H44O9. The molecule has 9 atom stereocenters. The van der Waals surface area contributed by atoms with Gasteiger partial charge in [-0.15, -0.1) is 0 Å². The van der Waals surface area contributed by atoms with Crippen LogP contribution in [-0.4, -0.2) is 54.1 Å². The fraction of sp³-hybridized carbons (Fsp3) is 0.700. The average Bonchev–Trinajstić information content (AvgIpc) is 3.16. The summed E-state index contributed by atoms with van der Waals surface area (Å²) in [5.41, 5.74) is 0.978. The largest absolute Gasteiger partial charge is 0.462 e. The number of ether oxygens (including phenoxy) is 4. The number of fused-ring (bicyclic) bond motifs is 1. The molecular weight excluding hydrogens is 504 g/mol. The molecule has 2 saturated carbocycles. The first-order chi connectivity index (χ1) is 18.1. The number of esters is 4. The molecule has 218 valence electrons. The highest BCUT2D eigenvalue weighted by Crippen LogP contribution is 2.54. The molecule has 0 heterocycles. The van der Waals surface area contributed by atoms with Gasteiger partial charge in [-0.3, -0.25) is 19.2 Å². The summed E-state index contributed by atoms with van der Waals surface area (Å²) in [5.74, 6) is -4.21. The smallest absolute Gasteiger partial charge is 0.331 e. The van der Waals surface area contributed by atoms with Crippen LogP contribution in [0.3, 0.4) is 0 Å². The standard InChI is InChI=1S/C30H44O9/c1-11-15(4)30(35)39-29-25(14(2)3)27-22(13-23(33)26(27)19(8)37-21(10)32)17(6)28(29)38-24(34)12-16(5)18(7)36-20(9)31/h12,14-15,18-19,22,25-29H,6,11,13H2,1-5,7-10H3/t15-,18+,19-,22+,25+,26+,27-,28+,29-/m1/s1. The number of hydrogen-bond donors (Lipinski definition) is 0. The van der Waals surface area contributed by atoms with Gasteiger partial charge in [0.2, 0.25) is 0 Å². The molecule has 0 amide bonds. The van der Waals surface area contributed by atoms with E-state index in [9.17, 15) is 24.0 Å². The molecule has 2 fully saturated rings. The summed E-state index contributed by atoms with van der Waals surface area (Å²) in [4.78, 5) is 62.5. The summed E-state index contributed by atoms with van der Waals surface area (Å²) in [7, 11) is 0. The quantitative estimate of drug-likeness (QED) is 0.169. The Kier molecular flexibility index (Phi) is 11.1. The lowest BCUT2D eigenvalue weighted by Crippen LogP contribution is -2.55. The number of carbonyl (C=O) groups excluding carboxylic acids is 5. The molecule has 0 N–H and O–H groups in total. The lowest BCUT2D eigenvalue weighted by molar-refractivity contribution is -0.182. The maximum atomic E-state index is 13.3. The summed E-state index contributed by atoms with van der Waals surface area (Å²) in [6, 6.07) is 0. The molecule has 0 unspecified atom stereocenters. The van der Waals surface area contributed by atoms with Gasteiger partial charge >= 0.3 is 23.9 Å². The molecule has 2 aliphatic rings. The number of hydrogen-bond acceptors (Lipinski definition) is 9. The molecule has 0 aromatic heterocycles. The second-order valence-corrected chi connectivity index (χ2v) is 11.3. The zero-order valence-corrected chi connectivity index (χ0v) is 24.6. The first-order valence-electron chi connectivity index (χ1n) is 13.8. The second-order valence-electron chi connectivity index (χ2n) is 11.3. The van der Waals surface area contributed by atoms with Crippen LogP contribution in [0.1, 0.15) is 75.2 Å². The van der Waals surface area contributed by atoms with Gasteiger partial charge < -0.3 is 18.9 Å². The fourth-order valence-corrected chi connectivity index (χ4v) is 5.92. The van der Waals surface area contributed by atoms with E-state index in [1.807, 2.05) is 20.8 Å². The van der Waals surface area contributed by atoms with E-state index in [-0.39, 0.29) is 41.8 Å². The van der Waals surface area contributed by atoms with Crippen LogP contribution in [-0.2, 0) is 42.9 Å². The lowest BCUT2D eigenvalue weighted by Gasteiger charge is -2.48. The molecule has 0 radical (unpaired) electrons. The maximum Gasteiger partial charge on any atom is 0.331 e. The maximum absolute atomic E-state index is 13.3. The van der Waals surface area contributed by atoms with Crippen molar-refractivity contribution in [1.29, 1.82) is 0 Å². The minimum absolute atomic E-state index is 0.0597. The summed E-state index contributed by atoms with van der Waals surface area (Å²) in [6.07, 6.45) is -1.19. The van der Waals surface area contributed by atoms with Crippen LogP contribution in [0, 0.1) is 35.5 Å². The van der Waals surface area contributed by atoms with Crippen LogP contribution in [0.2, 0.25) is 0 Å². The minimum Gasteiger partial charge on any atom is -0.462 e. The Hall–Kier alpha value is -2.97. The SMILES string of the molecule is C=C1[C@@H]2CC(=O)[C@H]([C@@H](C)OC(C)=O)[C@H]2[C@H](C(C)C)[C@@H](OC(=O)[C@H](C)CC)[C@H]1OC(=O)C=C(C)[C@H](C)OC(C)=O. The highest BCUT2D eigenvalue weighted by molar-refractivity contribution is 5.86. The number of ketones is 1. The molecule has 0 bridgehead atoms. The minimum atomic E-state index is -0.984. The zero-order valence-electron chi connectivity index (χ0n) is 24.6. The molecule has 9 heteroatoms. The Balaban J connectivity index is 2.52. The predicted molar refractivity (Wildman–Crippen MR) is 143 cm³/mol. The van der Waals surface area contributed by atoms with Gasteiger partial charge in [-0.2, -0.15) is 0 Å². The lowest BCUT2D eigenvalue weighted by atomic mass is 9.62. The molecule has 0 spiro atoms. The van der Waals surface area contributed by atoms with Gasteiger partial charge in [0.05, 0.1) is 11.8 Å². The Morgan fingerprint density at radius 3 is 2.08 bits per heavy atom. The first kappa shape index (κ1) is 32.2. The van der Waals surface area contributed by atoms with Crippen molar-refractivity contribution in [3.63, 3.8) is 0 Å². The molecule has 9 nitrogen and oxygen atoms in total. The number of rotatable bonds is 10. The Bertz CT molecular complexity index is 1010. The van der Waals surface area contributed by atoms with Crippen LogP contribution in [0.4, 0.5) is 0 Å². The van der Waals surface area contributed by atoms with Crippen LogP contribution >= 0.6 is 0 Å². The van der Waals surface area contributed by atoms with Crippen LogP contribution in [0.5, 0.6) is 0 Å². The van der Waals surface area contributed by atoms with E-state index in [2.05, 4.69) is 6.58 Å². The van der Waals surface area contributed by atoms with Gasteiger partial charge in [-0.25, -0.2) is 4.79 Å². The summed E-state index contributed by atoms with van der Waals surface area (Å²) in [5, 5.41) is 0. The van der Waals surface area contributed by atoms with E-state index < -0.39 is 54.2 Å². The number of Topliss-reactive ketones (excluding diaryl/α,β-unsaturated/α-hetero) is 1. The van der Waals surface area contributed by atoms with E-state index >= 15 is 0 Å². The van der Waals surface area contributed by atoms with E-state index in [1.54, 1.807) is 27.7 Å². The summed E-state index contributed by atoms with van der Waals surface area (Å²) in [6.45, 7) is 19.4. The third-order valence-electron chi connectivity index (χ3n) is 8.10. The van der Waals surface area contributed by atoms with Crippen molar-refractivity contribution in [1.82, 2.24) is 0 Å². The third kappa shape index (κ3) is 7.57. The normalized spacial score (nSPS) is 29.2. The molecule has 0 aromatic rings. The van der Waals surface area contributed by atoms with Crippen molar-refractivity contribution in [2.24, 2.45) is 35.5 Å². The second kappa shape index (κ2) is 13.4. The molecule has 39 heavy (non-hydrogen) atoms.